The van der Waals surface area contributed by atoms with Crippen molar-refractivity contribution in [1.82, 2.24) is 9.97 Å². The Morgan fingerprint density at radius 3 is 2.75 bits per heavy atom. The van der Waals surface area contributed by atoms with Crippen LogP contribution < -0.4 is 5.73 Å². The molecule has 0 spiro atoms. The molecule has 0 unspecified atom stereocenters. The van der Waals surface area contributed by atoms with Gasteiger partial charge in [0.1, 0.15) is 12.1 Å². The molecule has 0 saturated carbocycles. The molecule has 0 radical (unpaired) electrons. The first-order valence-corrected chi connectivity index (χ1v) is 4.55. The van der Waals surface area contributed by atoms with Gasteiger partial charge in [-0.25, -0.2) is 14.4 Å². The molecule has 2 rings (SSSR count). The molecule has 0 aliphatic carbocycles. The lowest BCUT2D eigenvalue weighted by molar-refractivity contribution is 0.0996. The fourth-order valence-electron chi connectivity index (χ4n) is 1.37. The van der Waals surface area contributed by atoms with Crippen LogP contribution in [0.2, 0.25) is 0 Å². The summed E-state index contributed by atoms with van der Waals surface area (Å²) in [6.45, 7) is 0. The van der Waals surface area contributed by atoms with Crippen LogP contribution in [0.5, 0.6) is 0 Å². The molecule has 1 aromatic heterocycles. The number of hydrogen-bond donors (Lipinski definition) is 1. The Morgan fingerprint density at radius 2 is 2.12 bits per heavy atom. The zero-order valence-corrected chi connectivity index (χ0v) is 8.22. The molecule has 1 aromatic carbocycles. The van der Waals surface area contributed by atoms with Crippen LogP contribution in [0, 0.1) is 5.82 Å². The predicted octanol–water partition coefficient (Wildman–Crippen LogP) is 1.38. The van der Waals surface area contributed by atoms with E-state index in [0.29, 0.717) is 5.69 Å². The first kappa shape index (κ1) is 10.2. The number of rotatable bonds is 2. The molecule has 16 heavy (non-hydrogen) atoms. The molecule has 1 amide bonds. The molecule has 1 heterocycles. The number of primary amides is 1. The van der Waals surface area contributed by atoms with E-state index in [1.54, 1.807) is 12.1 Å². The molecule has 2 N–H and O–H groups in total. The van der Waals surface area contributed by atoms with Gasteiger partial charge in [0.2, 0.25) is 0 Å². The molecule has 5 heteroatoms. The number of nitrogens with zero attached hydrogens (tertiary/aromatic N) is 2. The van der Waals surface area contributed by atoms with E-state index in [4.69, 9.17) is 5.73 Å². The summed E-state index contributed by atoms with van der Waals surface area (Å²) in [4.78, 5) is 18.6. The van der Waals surface area contributed by atoms with Gasteiger partial charge in [-0.3, -0.25) is 4.79 Å². The number of carbonyl (C=O) groups is 1. The summed E-state index contributed by atoms with van der Waals surface area (Å²) >= 11 is 0. The lowest BCUT2D eigenvalue weighted by Crippen LogP contribution is -2.13. The van der Waals surface area contributed by atoms with E-state index in [9.17, 15) is 9.18 Å². The van der Waals surface area contributed by atoms with Crippen molar-refractivity contribution < 1.29 is 9.18 Å². The van der Waals surface area contributed by atoms with Gasteiger partial charge >= 0.3 is 0 Å². The number of aromatic nitrogens is 2. The van der Waals surface area contributed by atoms with Crippen LogP contribution in [-0.2, 0) is 0 Å². The third-order valence-corrected chi connectivity index (χ3v) is 2.12. The third-order valence-electron chi connectivity index (χ3n) is 2.12. The first-order valence-electron chi connectivity index (χ1n) is 4.55. The average molecular weight is 217 g/mol. The normalized spacial score (nSPS) is 10.1. The van der Waals surface area contributed by atoms with Gasteiger partial charge in [-0.2, -0.15) is 0 Å². The van der Waals surface area contributed by atoms with Crippen molar-refractivity contribution in [1.29, 1.82) is 0 Å². The zero-order chi connectivity index (χ0) is 11.5. The number of hydrogen-bond acceptors (Lipinski definition) is 3. The van der Waals surface area contributed by atoms with E-state index in [0.717, 1.165) is 0 Å². The second-order valence-corrected chi connectivity index (χ2v) is 3.13. The maximum absolute atomic E-state index is 13.8. The van der Waals surface area contributed by atoms with E-state index >= 15 is 0 Å². The molecule has 80 valence electrons. The van der Waals surface area contributed by atoms with Crippen molar-refractivity contribution in [2.24, 2.45) is 5.73 Å². The number of halogens is 1. The quantitative estimate of drug-likeness (QED) is 0.826. The Bertz CT molecular complexity index is 528. The van der Waals surface area contributed by atoms with Crippen LogP contribution in [-0.4, -0.2) is 15.9 Å². The van der Waals surface area contributed by atoms with Crippen molar-refractivity contribution in [2.75, 3.05) is 0 Å². The fraction of sp³-hybridized carbons (Fsp3) is 0. The topological polar surface area (TPSA) is 68.9 Å². The Balaban J connectivity index is 2.59. The Labute approximate surface area is 91.0 Å². The summed E-state index contributed by atoms with van der Waals surface area (Å²) in [5.74, 6) is -1.46. The van der Waals surface area contributed by atoms with Gasteiger partial charge in [0, 0.05) is 11.8 Å². The molecule has 0 fully saturated rings. The van der Waals surface area contributed by atoms with Gasteiger partial charge in [0.15, 0.2) is 0 Å². The monoisotopic (exact) mass is 217 g/mol. The van der Waals surface area contributed by atoms with E-state index < -0.39 is 11.7 Å². The van der Waals surface area contributed by atoms with Gasteiger partial charge in [-0.1, -0.05) is 6.07 Å². The van der Waals surface area contributed by atoms with Crippen molar-refractivity contribution in [2.45, 2.75) is 0 Å². The van der Waals surface area contributed by atoms with Gasteiger partial charge in [0.05, 0.1) is 11.3 Å². The van der Waals surface area contributed by atoms with E-state index in [1.807, 2.05) is 0 Å². The molecular formula is C11H8FN3O. The Kier molecular flexibility index (Phi) is 2.59. The molecule has 0 atom stereocenters. The SMILES string of the molecule is NC(=O)c1cccc(-c2ccncn2)c1F. The van der Waals surface area contributed by atoms with Gasteiger partial charge in [0.25, 0.3) is 5.91 Å². The molecule has 0 saturated heterocycles. The number of amides is 1. The number of benzene rings is 1. The molecular weight excluding hydrogens is 209 g/mol. The summed E-state index contributed by atoms with van der Waals surface area (Å²) in [6.07, 6.45) is 2.81. The second-order valence-electron chi connectivity index (χ2n) is 3.13. The zero-order valence-electron chi connectivity index (χ0n) is 8.22. The van der Waals surface area contributed by atoms with Crippen LogP contribution in [0.4, 0.5) is 4.39 Å². The van der Waals surface area contributed by atoms with Crippen LogP contribution in [0.3, 0.4) is 0 Å². The highest BCUT2D eigenvalue weighted by atomic mass is 19.1. The third kappa shape index (κ3) is 1.75. The summed E-state index contributed by atoms with van der Waals surface area (Å²) in [5.41, 5.74) is 5.55. The highest BCUT2D eigenvalue weighted by molar-refractivity contribution is 5.94. The van der Waals surface area contributed by atoms with Crippen molar-refractivity contribution >= 4 is 5.91 Å². The minimum atomic E-state index is -0.798. The van der Waals surface area contributed by atoms with Gasteiger partial charge in [-0.15, -0.1) is 0 Å². The number of nitrogens with two attached hydrogens (primary N) is 1. The minimum Gasteiger partial charge on any atom is -0.366 e. The Hall–Kier alpha value is -2.30. The van der Waals surface area contributed by atoms with Crippen LogP contribution in [0.15, 0.2) is 36.8 Å². The van der Waals surface area contributed by atoms with E-state index in [1.165, 1.54) is 24.7 Å². The highest BCUT2D eigenvalue weighted by Gasteiger charge is 2.13. The Morgan fingerprint density at radius 1 is 1.31 bits per heavy atom. The summed E-state index contributed by atoms with van der Waals surface area (Å²) in [6, 6.07) is 5.98. The van der Waals surface area contributed by atoms with Crippen molar-refractivity contribution in [3.63, 3.8) is 0 Å². The van der Waals surface area contributed by atoms with E-state index in [-0.39, 0.29) is 11.1 Å². The van der Waals surface area contributed by atoms with Crippen LogP contribution in [0.1, 0.15) is 10.4 Å². The molecule has 4 nitrogen and oxygen atoms in total. The second kappa shape index (κ2) is 4.06. The summed E-state index contributed by atoms with van der Waals surface area (Å²) in [7, 11) is 0. The summed E-state index contributed by atoms with van der Waals surface area (Å²) < 4.78 is 13.8. The predicted molar refractivity (Wildman–Crippen MR) is 55.9 cm³/mol. The van der Waals surface area contributed by atoms with E-state index in [2.05, 4.69) is 9.97 Å². The fourth-order valence-corrected chi connectivity index (χ4v) is 1.37. The molecule has 2 aromatic rings. The number of carbonyl (C=O) groups excluding carboxylic acids is 1. The standard InChI is InChI=1S/C11H8FN3O/c12-10-7(9-4-5-14-6-15-9)2-1-3-8(10)11(13)16/h1-6H,(H2,13,16). The van der Waals surface area contributed by atoms with Crippen LogP contribution >= 0.6 is 0 Å². The van der Waals surface area contributed by atoms with Gasteiger partial charge < -0.3 is 5.73 Å². The lowest BCUT2D eigenvalue weighted by atomic mass is 10.1. The molecule has 0 bridgehead atoms. The van der Waals surface area contributed by atoms with Crippen molar-refractivity contribution in [3.8, 4) is 11.3 Å². The molecule has 0 aliphatic heterocycles. The minimum absolute atomic E-state index is 0.142. The summed E-state index contributed by atoms with van der Waals surface area (Å²) in [5, 5.41) is 0. The van der Waals surface area contributed by atoms with Crippen molar-refractivity contribution in [3.05, 3.63) is 48.2 Å². The highest BCUT2D eigenvalue weighted by Crippen LogP contribution is 2.22. The van der Waals surface area contributed by atoms with Gasteiger partial charge in [-0.05, 0) is 18.2 Å². The first-order chi connectivity index (χ1) is 7.70. The average Bonchev–Trinajstić information content (AvgIpc) is 2.30. The smallest absolute Gasteiger partial charge is 0.251 e. The largest absolute Gasteiger partial charge is 0.366 e. The van der Waals surface area contributed by atoms with Crippen LogP contribution in [0.25, 0.3) is 11.3 Å². The lowest BCUT2D eigenvalue weighted by Gasteiger charge is -2.04. The molecule has 0 aliphatic rings. The maximum atomic E-state index is 13.8. The maximum Gasteiger partial charge on any atom is 0.251 e.